The summed E-state index contributed by atoms with van der Waals surface area (Å²) in [6.45, 7) is 5.05. The molecule has 1 atom stereocenters. The Morgan fingerprint density at radius 2 is 2.29 bits per heavy atom. The molecule has 4 nitrogen and oxygen atoms in total. The average Bonchev–Trinajstić information content (AvgIpc) is 2.31. The Kier molecular flexibility index (Phi) is 6.05. The molecule has 1 rings (SSSR count). The summed E-state index contributed by atoms with van der Waals surface area (Å²) >= 11 is 5.34. The van der Waals surface area contributed by atoms with Crippen LogP contribution in [0.5, 0.6) is 0 Å². The van der Waals surface area contributed by atoms with Gasteiger partial charge in [-0.25, -0.2) is 4.98 Å². The van der Waals surface area contributed by atoms with E-state index in [0.717, 1.165) is 22.6 Å². The maximum Gasteiger partial charge on any atom is 0.224 e. The molecule has 0 aromatic carbocycles. The van der Waals surface area contributed by atoms with Crippen molar-refractivity contribution in [3.63, 3.8) is 0 Å². The molecule has 0 aliphatic carbocycles. The third-order valence-electron chi connectivity index (χ3n) is 2.46. The number of aromatic nitrogens is 2. The molecule has 1 N–H and O–H groups in total. The van der Waals surface area contributed by atoms with E-state index < -0.39 is 0 Å². The van der Waals surface area contributed by atoms with Gasteiger partial charge in [0.2, 0.25) is 5.95 Å². The maximum atomic E-state index is 4.51. The van der Waals surface area contributed by atoms with Gasteiger partial charge in [-0.2, -0.15) is 16.7 Å². The quantitative estimate of drug-likeness (QED) is 0.873. The Bertz CT molecular complexity index is 361. The van der Waals surface area contributed by atoms with E-state index in [0.29, 0.717) is 12.0 Å². The van der Waals surface area contributed by atoms with Crippen molar-refractivity contribution in [1.82, 2.24) is 9.97 Å². The van der Waals surface area contributed by atoms with E-state index in [-0.39, 0.29) is 0 Å². The third kappa shape index (κ3) is 4.03. The normalized spacial score (nSPS) is 12.3. The van der Waals surface area contributed by atoms with Gasteiger partial charge in [0.25, 0.3) is 0 Å². The van der Waals surface area contributed by atoms with Gasteiger partial charge in [-0.3, -0.25) is 0 Å². The molecule has 0 spiro atoms. The lowest BCUT2D eigenvalue weighted by Gasteiger charge is -2.26. The summed E-state index contributed by atoms with van der Waals surface area (Å²) in [5, 5.41) is 3.13. The molecule has 96 valence electrons. The number of rotatable bonds is 6. The molecule has 0 aliphatic heterocycles. The smallest absolute Gasteiger partial charge is 0.224 e. The number of hydrogen-bond donors (Lipinski definition) is 1. The molecule has 0 saturated carbocycles. The van der Waals surface area contributed by atoms with Crippen LogP contribution >= 0.6 is 27.7 Å². The minimum absolute atomic E-state index is 0.436. The zero-order valence-corrected chi connectivity index (χ0v) is 13.1. The number of hydrogen-bond acceptors (Lipinski definition) is 5. The first-order valence-electron chi connectivity index (χ1n) is 5.58. The molecule has 1 heterocycles. The first-order valence-corrected chi connectivity index (χ1v) is 7.77. The highest BCUT2D eigenvalue weighted by Gasteiger charge is 2.14. The zero-order chi connectivity index (χ0) is 12.8. The molecule has 1 aromatic heterocycles. The predicted molar refractivity (Wildman–Crippen MR) is 80.1 cm³/mol. The van der Waals surface area contributed by atoms with Gasteiger partial charge in [0, 0.05) is 31.6 Å². The monoisotopic (exact) mass is 318 g/mol. The Hall–Kier alpha value is -0.490. The van der Waals surface area contributed by atoms with Crippen LogP contribution < -0.4 is 10.2 Å². The van der Waals surface area contributed by atoms with Crippen LogP contribution in [-0.2, 0) is 0 Å². The number of halogens is 1. The summed E-state index contributed by atoms with van der Waals surface area (Å²) in [5.41, 5.74) is 0. The highest BCUT2D eigenvalue weighted by molar-refractivity contribution is 9.10. The van der Waals surface area contributed by atoms with Crippen molar-refractivity contribution >= 4 is 39.5 Å². The van der Waals surface area contributed by atoms with Gasteiger partial charge in [0.15, 0.2) is 0 Å². The molecule has 6 heteroatoms. The topological polar surface area (TPSA) is 41.1 Å². The third-order valence-corrected chi connectivity index (χ3v) is 3.84. The minimum atomic E-state index is 0.436. The van der Waals surface area contributed by atoms with Crippen LogP contribution in [0.3, 0.4) is 0 Å². The van der Waals surface area contributed by atoms with Gasteiger partial charge in [0.1, 0.15) is 5.82 Å². The van der Waals surface area contributed by atoms with Crippen LogP contribution in [0, 0.1) is 0 Å². The molecule has 0 amide bonds. The van der Waals surface area contributed by atoms with E-state index in [2.05, 4.69) is 56.3 Å². The summed E-state index contributed by atoms with van der Waals surface area (Å²) in [7, 11) is 2.06. The van der Waals surface area contributed by atoms with Gasteiger partial charge < -0.3 is 10.2 Å². The molecule has 0 radical (unpaired) electrons. The fourth-order valence-electron chi connectivity index (χ4n) is 1.41. The van der Waals surface area contributed by atoms with Gasteiger partial charge >= 0.3 is 0 Å². The Morgan fingerprint density at radius 1 is 1.59 bits per heavy atom. The van der Waals surface area contributed by atoms with Gasteiger partial charge in [0.05, 0.1) is 4.47 Å². The van der Waals surface area contributed by atoms with Crippen LogP contribution in [0.15, 0.2) is 10.7 Å². The fourth-order valence-corrected chi connectivity index (χ4v) is 2.59. The van der Waals surface area contributed by atoms with Gasteiger partial charge in [-0.05, 0) is 36.0 Å². The second kappa shape index (κ2) is 7.06. The number of thioether (sulfide) groups is 1. The lowest BCUT2D eigenvalue weighted by atomic mass is 10.3. The summed E-state index contributed by atoms with van der Waals surface area (Å²) in [5.74, 6) is 2.68. The molecular formula is C11H19BrN4S. The molecule has 1 unspecified atom stereocenters. The number of nitrogens with one attached hydrogen (secondary N) is 1. The van der Waals surface area contributed by atoms with Crippen LogP contribution in [0.25, 0.3) is 0 Å². The Morgan fingerprint density at radius 3 is 2.88 bits per heavy atom. The van der Waals surface area contributed by atoms with Crippen LogP contribution in [0.4, 0.5) is 11.8 Å². The lowest BCUT2D eigenvalue weighted by molar-refractivity contribution is 0.749. The van der Waals surface area contributed by atoms with E-state index in [1.54, 1.807) is 6.20 Å². The SMILES string of the molecule is CCNc1ncc(Br)c(N(C)C(C)CSC)n1. The van der Waals surface area contributed by atoms with Crippen LogP contribution in [0.1, 0.15) is 13.8 Å². The van der Waals surface area contributed by atoms with Crippen molar-refractivity contribution in [1.29, 1.82) is 0 Å². The summed E-state index contributed by atoms with van der Waals surface area (Å²) in [6.07, 6.45) is 3.91. The lowest BCUT2D eigenvalue weighted by Crippen LogP contribution is -2.32. The van der Waals surface area contributed by atoms with Gasteiger partial charge in [-0.1, -0.05) is 0 Å². The van der Waals surface area contributed by atoms with Crippen LogP contribution in [-0.4, -0.2) is 41.6 Å². The van der Waals surface area contributed by atoms with E-state index in [4.69, 9.17) is 0 Å². The summed E-state index contributed by atoms with van der Waals surface area (Å²) in [4.78, 5) is 10.9. The van der Waals surface area contributed by atoms with Gasteiger partial charge in [-0.15, -0.1) is 0 Å². The second-order valence-corrected chi connectivity index (χ2v) is 5.58. The summed E-state index contributed by atoms with van der Waals surface area (Å²) < 4.78 is 0.926. The minimum Gasteiger partial charge on any atom is -0.355 e. The second-order valence-electron chi connectivity index (χ2n) is 3.81. The summed E-state index contributed by atoms with van der Waals surface area (Å²) in [6, 6.07) is 0.436. The average molecular weight is 319 g/mol. The van der Waals surface area contributed by atoms with Crippen molar-refractivity contribution < 1.29 is 0 Å². The molecule has 0 saturated heterocycles. The zero-order valence-electron chi connectivity index (χ0n) is 10.7. The first-order chi connectivity index (χ1) is 8.10. The maximum absolute atomic E-state index is 4.51. The highest BCUT2D eigenvalue weighted by Crippen LogP contribution is 2.25. The number of nitrogens with zero attached hydrogens (tertiary/aromatic N) is 3. The molecule has 17 heavy (non-hydrogen) atoms. The fraction of sp³-hybridized carbons (Fsp3) is 0.636. The molecule has 1 aromatic rings. The predicted octanol–water partition coefficient (Wildman–Crippen LogP) is 2.86. The van der Waals surface area contributed by atoms with E-state index in [9.17, 15) is 0 Å². The van der Waals surface area contributed by atoms with Crippen molar-refractivity contribution in [2.24, 2.45) is 0 Å². The standard InChI is InChI=1S/C11H19BrN4S/c1-5-13-11-14-6-9(12)10(15-11)16(3)8(2)7-17-4/h6,8H,5,7H2,1-4H3,(H,13,14,15). The van der Waals surface area contributed by atoms with E-state index in [1.165, 1.54) is 0 Å². The van der Waals surface area contributed by atoms with Crippen molar-refractivity contribution in [3.05, 3.63) is 10.7 Å². The van der Waals surface area contributed by atoms with Crippen molar-refractivity contribution in [2.45, 2.75) is 19.9 Å². The molecule has 0 fully saturated rings. The van der Waals surface area contributed by atoms with Crippen molar-refractivity contribution in [3.8, 4) is 0 Å². The van der Waals surface area contributed by atoms with Crippen LogP contribution in [0.2, 0.25) is 0 Å². The highest BCUT2D eigenvalue weighted by atomic mass is 79.9. The Labute approximate surface area is 116 Å². The van der Waals surface area contributed by atoms with Crippen molar-refractivity contribution in [2.75, 3.05) is 35.8 Å². The number of anilines is 2. The largest absolute Gasteiger partial charge is 0.355 e. The molecular weight excluding hydrogens is 300 g/mol. The first kappa shape index (κ1) is 14.6. The van der Waals surface area contributed by atoms with E-state index >= 15 is 0 Å². The van der Waals surface area contributed by atoms with E-state index in [1.807, 2.05) is 18.7 Å². The molecule has 0 aliphatic rings. The Balaban J connectivity index is 2.90. The molecule has 0 bridgehead atoms.